The van der Waals surface area contributed by atoms with Crippen LogP contribution in [0.2, 0.25) is 0 Å². The summed E-state index contributed by atoms with van der Waals surface area (Å²) in [7, 11) is 0. The molecule has 2 fully saturated rings. The topological polar surface area (TPSA) is 75.8 Å². The van der Waals surface area contributed by atoms with E-state index in [9.17, 15) is 13.2 Å². The second-order valence-electron chi connectivity index (χ2n) is 6.52. The average molecular weight is 384 g/mol. The number of aliphatic carboxylic acids is 1. The number of likely N-dealkylation sites (tertiary alicyclic amines) is 1. The van der Waals surface area contributed by atoms with Gasteiger partial charge < -0.3 is 14.3 Å². The standard InChI is InChI=1S/C16H18N2O2.C2HF3O2/c1-2-7-17-15(3-1)20-16-13-4-5-14(16)18(10-13)9-12-6-8-19-11-12;3-2(4,5)1(6)7/h1-3,6-8,11,13-14,16H,4-5,9-10H2;(H,6,7). The zero-order valence-corrected chi connectivity index (χ0v) is 14.3. The molecular weight excluding hydrogens is 365 g/mol. The third kappa shape index (κ3) is 4.79. The summed E-state index contributed by atoms with van der Waals surface area (Å²) in [6.45, 7) is 2.08. The molecule has 2 bridgehead atoms. The zero-order chi connectivity index (χ0) is 19.4. The number of alkyl halides is 3. The van der Waals surface area contributed by atoms with Crippen LogP contribution in [0.4, 0.5) is 13.2 Å². The molecule has 0 radical (unpaired) electrons. The minimum Gasteiger partial charge on any atom is -0.475 e. The lowest BCUT2D eigenvalue weighted by Crippen LogP contribution is -2.35. The first-order valence-electron chi connectivity index (χ1n) is 8.47. The number of halogens is 3. The maximum Gasteiger partial charge on any atom is 0.490 e. The van der Waals surface area contributed by atoms with E-state index in [1.54, 1.807) is 12.5 Å². The van der Waals surface area contributed by atoms with Crippen LogP contribution in [-0.4, -0.2) is 45.8 Å². The fraction of sp³-hybridized carbons (Fsp3) is 0.444. The first-order valence-corrected chi connectivity index (χ1v) is 8.47. The van der Waals surface area contributed by atoms with E-state index in [2.05, 4.69) is 9.88 Å². The molecule has 0 amide bonds. The number of piperidine rings is 1. The summed E-state index contributed by atoms with van der Waals surface area (Å²) in [5.74, 6) is -1.37. The number of carbonyl (C=O) groups is 1. The summed E-state index contributed by atoms with van der Waals surface area (Å²) < 4.78 is 43.0. The van der Waals surface area contributed by atoms with Crippen LogP contribution in [0.3, 0.4) is 0 Å². The molecule has 1 aliphatic carbocycles. The van der Waals surface area contributed by atoms with Crippen molar-refractivity contribution in [3.63, 3.8) is 0 Å². The van der Waals surface area contributed by atoms with E-state index >= 15 is 0 Å². The number of carboxylic acid groups (broad SMARTS) is 1. The zero-order valence-electron chi connectivity index (χ0n) is 14.3. The Morgan fingerprint density at radius 2 is 2.11 bits per heavy atom. The third-order valence-electron chi connectivity index (χ3n) is 4.72. The van der Waals surface area contributed by atoms with Crippen molar-refractivity contribution in [1.82, 2.24) is 9.88 Å². The maximum absolute atomic E-state index is 10.6. The molecule has 1 saturated carbocycles. The third-order valence-corrected chi connectivity index (χ3v) is 4.72. The number of ether oxygens (including phenoxy) is 1. The van der Waals surface area contributed by atoms with Gasteiger partial charge in [-0.3, -0.25) is 4.90 Å². The second kappa shape index (κ2) is 7.99. The van der Waals surface area contributed by atoms with Crippen molar-refractivity contribution in [3.05, 3.63) is 48.6 Å². The molecule has 3 heterocycles. The van der Waals surface area contributed by atoms with Crippen molar-refractivity contribution in [3.8, 4) is 5.88 Å². The summed E-state index contributed by atoms with van der Waals surface area (Å²) in [5, 5.41) is 7.12. The lowest BCUT2D eigenvalue weighted by molar-refractivity contribution is -0.192. The van der Waals surface area contributed by atoms with Crippen LogP contribution in [-0.2, 0) is 11.3 Å². The summed E-state index contributed by atoms with van der Waals surface area (Å²) in [5.41, 5.74) is 1.24. The lowest BCUT2D eigenvalue weighted by atomic mass is 10.1. The monoisotopic (exact) mass is 384 g/mol. The molecule has 27 heavy (non-hydrogen) atoms. The minimum atomic E-state index is -5.08. The predicted octanol–water partition coefficient (Wildman–Crippen LogP) is 3.35. The van der Waals surface area contributed by atoms with E-state index in [4.69, 9.17) is 19.1 Å². The summed E-state index contributed by atoms with van der Waals surface area (Å²) in [6.07, 6.45) is 3.06. The van der Waals surface area contributed by atoms with E-state index < -0.39 is 12.1 Å². The Hall–Kier alpha value is -2.55. The van der Waals surface area contributed by atoms with Gasteiger partial charge in [0.25, 0.3) is 0 Å². The van der Waals surface area contributed by atoms with Crippen LogP contribution in [0.25, 0.3) is 0 Å². The SMILES string of the molecule is O=C(O)C(F)(F)F.c1ccc(OC2C3CCC2N(Cc2ccoc2)C3)nc1. The molecule has 146 valence electrons. The van der Waals surface area contributed by atoms with Gasteiger partial charge in [-0.25, -0.2) is 9.78 Å². The molecule has 3 atom stereocenters. The second-order valence-corrected chi connectivity index (χ2v) is 6.52. The highest BCUT2D eigenvalue weighted by Gasteiger charge is 2.48. The molecule has 6 nitrogen and oxygen atoms in total. The first kappa shape index (κ1) is 19.2. The van der Waals surface area contributed by atoms with Crippen molar-refractivity contribution in [1.29, 1.82) is 0 Å². The van der Waals surface area contributed by atoms with Crippen molar-refractivity contribution in [2.45, 2.75) is 37.7 Å². The van der Waals surface area contributed by atoms with Gasteiger partial charge >= 0.3 is 12.1 Å². The van der Waals surface area contributed by atoms with Gasteiger partial charge in [0.2, 0.25) is 5.88 Å². The maximum atomic E-state index is 10.6. The van der Waals surface area contributed by atoms with E-state index in [-0.39, 0.29) is 6.10 Å². The molecule has 1 aliphatic heterocycles. The van der Waals surface area contributed by atoms with Crippen molar-refractivity contribution >= 4 is 5.97 Å². The van der Waals surface area contributed by atoms with Gasteiger partial charge in [0.05, 0.1) is 12.5 Å². The highest BCUT2D eigenvalue weighted by Crippen LogP contribution is 2.40. The van der Waals surface area contributed by atoms with Crippen LogP contribution in [0, 0.1) is 5.92 Å². The number of hydrogen-bond donors (Lipinski definition) is 1. The molecule has 2 aromatic heterocycles. The van der Waals surface area contributed by atoms with Crippen molar-refractivity contribution < 1.29 is 32.2 Å². The lowest BCUT2D eigenvalue weighted by Gasteiger charge is -2.26. The number of nitrogens with zero attached hydrogens (tertiary/aromatic N) is 2. The van der Waals surface area contributed by atoms with Crippen molar-refractivity contribution in [2.24, 2.45) is 5.92 Å². The highest BCUT2D eigenvalue weighted by atomic mass is 19.4. The molecule has 2 aliphatic rings. The van der Waals surface area contributed by atoms with Crippen LogP contribution in [0.15, 0.2) is 47.4 Å². The Morgan fingerprint density at radius 3 is 2.70 bits per heavy atom. The Balaban J connectivity index is 0.000000260. The smallest absolute Gasteiger partial charge is 0.475 e. The highest BCUT2D eigenvalue weighted by molar-refractivity contribution is 5.73. The molecule has 1 saturated heterocycles. The van der Waals surface area contributed by atoms with Crippen molar-refractivity contribution in [2.75, 3.05) is 6.54 Å². The first-order chi connectivity index (χ1) is 12.8. The Labute approximate surface area is 153 Å². The van der Waals surface area contributed by atoms with E-state index in [0.717, 1.165) is 19.0 Å². The van der Waals surface area contributed by atoms with E-state index in [1.165, 1.54) is 18.4 Å². The minimum absolute atomic E-state index is 0.289. The Morgan fingerprint density at radius 1 is 1.33 bits per heavy atom. The fourth-order valence-electron chi connectivity index (χ4n) is 3.58. The molecule has 4 rings (SSSR count). The van der Waals surface area contributed by atoms with Crippen LogP contribution < -0.4 is 4.74 Å². The van der Waals surface area contributed by atoms with Crippen LogP contribution in [0.1, 0.15) is 18.4 Å². The molecule has 2 aromatic rings. The van der Waals surface area contributed by atoms with Gasteiger partial charge in [-0.05, 0) is 25.0 Å². The Bertz CT molecular complexity index is 737. The van der Waals surface area contributed by atoms with E-state index in [1.807, 2.05) is 30.5 Å². The fourth-order valence-corrected chi connectivity index (χ4v) is 3.58. The number of hydrogen-bond acceptors (Lipinski definition) is 5. The molecule has 0 spiro atoms. The van der Waals surface area contributed by atoms with Crippen LogP contribution in [0.5, 0.6) is 5.88 Å². The summed E-state index contributed by atoms with van der Waals surface area (Å²) >= 11 is 0. The number of furan rings is 1. The number of aromatic nitrogens is 1. The van der Waals surface area contributed by atoms with Gasteiger partial charge in [0, 0.05) is 42.9 Å². The number of pyridine rings is 1. The summed E-state index contributed by atoms with van der Waals surface area (Å²) in [6, 6.07) is 8.39. The number of fused-ring (bicyclic) bond motifs is 2. The molecule has 1 N–H and O–H groups in total. The number of rotatable bonds is 4. The number of carboxylic acids is 1. The van der Waals surface area contributed by atoms with E-state index in [0.29, 0.717) is 12.0 Å². The largest absolute Gasteiger partial charge is 0.490 e. The van der Waals surface area contributed by atoms with Gasteiger partial charge in [-0.2, -0.15) is 13.2 Å². The predicted molar refractivity (Wildman–Crippen MR) is 88.0 cm³/mol. The molecule has 9 heteroatoms. The molecule has 3 unspecified atom stereocenters. The Kier molecular flexibility index (Phi) is 5.69. The van der Waals surface area contributed by atoms with Crippen LogP contribution >= 0.6 is 0 Å². The van der Waals surface area contributed by atoms with Gasteiger partial charge in [-0.1, -0.05) is 6.07 Å². The van der Waals surface area contributed by atoms with Gasteiger partial charge in [-0.15, -0.1) is 0 Å². The normalized spacial score (nSPS) is 24.3. The van der Waals surface area contributed by atoms with Gasteiger partial charge in [0.15, 0.2) is 0 Å². The molecular formula is C18H19F3N2O4. The molecule has 0 aromatic carbocycles. The quantitative estimate of drug-likeness (QED) is 0.871. The summed E-state index contributed by atoms with van der Waals surface area (Å²) in [4.78, 5) is 15.7. The van der Waals surface area contributed by atoms with Gasteiger partial charge in [0.1, 0.15) is 6.10 Å². The average Bonchev–Trinajstić information content (AvgIpc) is 3.33.